The summed E-state index contributed by atoms with van der Waals surface area (Å²) < 4.78 is 18.6. The van der Waals surface area contributed by atoms with Crippen LogP contribution in [0.2, 0.25) is 0 Å². The van der Waals surface area contributed by atoms with E-state index in [0.29, 0.717) is 29.8 Å². The lowest BCUT2D eigenvalue weighted by molar-refractivity contribution is -0.139. The summed E-state index contributed by atoms with van der Waals surface area (Å²) in [5.41, 5.74) is 0.964. The number of ketones is 1. The van der Waals surface area contributed by atoms with E-state index in [0.717, 1.165) is 6.54 Å². The van der Waals surface area contributed by atoms with Crippen LogP contribution in [0.4, 0.5) is 4.39 Å². The van der Waals surface area contributed by atoms with E-state index in [-0.39, 0.29) is 11.3 Å². The Morgan fingerprint density at radius 1 is 1.10 bits per heavy atom. The van der Waals surface area contributed by atoms with Crippen LogP contribution in [0.3, 0.4) is 0 Å². The molecule has 1 aliphatic rings. The summed E-state index contributed by atoms with van der Waals surface area (Å²) in [6, 6.07) is 11.4. The van der Waals surface area contributed by atoms with Crippen molar-refractivity contribution in [3.8, 4) is 5.75 Å². The lowest BCUT2D eigenvalue weighted by Crippen LogP contribution is -2.32. The van der Waals surface area contributed by atoms with Gasteiger partial charge in [0, 0.05) is 12.1 Å². The molecular formula is C23H25FN2O4. The minimum atomic E-state index is -0.783. The van der Waals surface area contributed by atoms with Crippen LogP contribution in [-0.2, 0) is 9.59 Å². The third-order valence-electron chi connectivity index (χ3n) is 5.09. The molecule has 2 aromatic rings. The number of aliphatic hydroxyl groups is 1. The summed E-state index contributed by atoms with van der Waals surface area (Å²) in [5, 5.41) is 10.9. The van der Waals surface area contributed by atoms with Gasteiger partial charge in [-0.15, -0.1) is 0 Å². The van der Waals surface area contributed by atoms with Gasteiger partial charge in [0.1, 0.15) is 17.3 Å². The number of hydrogen-bond donors (Lipinski definition) is 1. The number of Topliss-reactive ketones (excluding diaryl/α,β-unsaturated/α-hetero) is 1. The Labute approximate surface area is 175 Å². The molecule has 6 nitrogen and oxygen atoms in total. The monoisotopic (exact) mass is 412 g/mol. The van der Waals surface area contributed by atoms with Crippen molar-refractivity contribution in [2.24, 2.45) is 0 Å². The third kappa shape index (κ3) is 4.36. The minimum absolute atomic E-state index is 0.00151. The Balaban J connectivity index is 2.06. The zero-order valence-corrected chi connectivity index (χ0v) is 17.3. The molecule has 0 aromatic heterocycles. The first-order valence-electron chi connectivity index (χ1n) is 9.66. The number of aliphatic hydroxyl groups excluding tert-OH is 1. The molecule has 7 heteroatoms. The van der Waals surface area contributed by atoms with E-state index in [4.69, 9.17) is 4.74 Å². The number of nitrogens with zero attached hydrogens (tertiary/aromatic N) is 2. The Morgan fingerprint density at radius 3 is 2.30 bits per heavy atom. The largest absolute Gasteiger partial charge is 0.507 e. The molecule has 1 unspecified atom stereocenters. The molecule has 1 heterocycles. The smallest absolute Gasteiger partial charge is 0.295 e. The highest BCUT2D eigenvalue weighted by Crippen LogP contribution is 2.39. The number of methoxy groups -OCH3 is 1. The molecule has 1 fully saturated rings. The highest BCUT2D eigenvalue weighted by Gasteiger charge is 2.45. The Hall–Kier alpha value is -3.19. The normalized spacial score (nSPS) is 18.3. The average Bonchev–Trinajstić information content (AvgIpc) is 2.98. The van der Waals surface area contributed by atoms with Crippen molar-refractivity contribution in [2.45, 2.75) is 12.5 Å². The van der Waals surface area contributed by atoms with Crippen LogP contribution in [0.1, 0.15) is 23.6 Å². The number of benzene rings is 2. The SMILES string of the molecule is COc1ccc(/C(O)=C2/C(=O)C(=O)N(CCCN(C)C)C2c2ccc(F)cc2)cc1. The molecule has 0 saturated carbocycles. The molecule has 0 aliphatic carbocycles. The number of carbonyl (C=O) groups excluding carboxylic acids is 2. The van der Waals surface area contributed by atoms with Gasteiger partial charge in [0.05, 0.1) is 18.7 Å². The van der Waals surface area contributed by atoms with Crippen LogP contribution >= 0.6 is 0 Å². The van der Waals surface area contributed by atoms with E-state index < -0.39 is 23.5 Å². The van der Waals surface area contributed by atoms with E-state index >= 15 is 0 Å². The first kappa shape index (κ1) is 21.5. The van der Waals surface area contributed by atoms with Gasteiger partial charge in [0.15, 0.2) is 0 Å². The van der Waals surface area contributed by atoms with Crippen molar-refractivity contribution in [1.29, 1.82) is 0 Å². The maximum absolute atomic E-state index is 13.5. The van der Waals surface area contributed by atoms with Crippen molar-refractivity contribution < 1.29 is 23.8 Å². The van der Waals surface area contributed by atoms with E-state index in [1.165, 1.54) is 36.3 Å². The summed E-state index contributed by atoms with van der Waals surface area (Å²) in [7, 11) is 5.38. The first-order valence-corrected chi connectivity index (χ1v) is 9.66. The van der Waals surface area contributed by atoms with E-state index in [2.05, 4.69) is 0 Å². The van der Waals surface area contributed by atoms with Crippen molar-refractivity contribution in [2.75, 3.05) is 34.3 Å². The van der Waals surface area contributed by atoms with Gasteiger partial charge in [-0.1, -0.05) is 12.1 Å². The lowest BCUT2D eigenvalue weighted by Gasteiger charge is -2.26. The summed E-state index contributed by atoms with van der Waals surface area (Å²) in [5.74, 6) is -1.50. The van der Waals surface area contributed by atoms with Crippen molar-refractivity contribution in [1.82, 2.24) is 9.80 Å². The minimum Gasteiger partial charge on any atom is -0.507 e. The molecule has 0 bridgehead atoms. The van der Waals surface area contributed by atoms with E-state index in [1.54, 1.807) is 24.3 Å². The maximum atomic E-state index is 13.5. The number of hydrogen-bond acceptors (Lipinski definition) is 5. The number of halogens is 1. The van der Waals surface area contributed by atoms with Crippen molar-refractivity contribution >= 4 is 17.4 Å². The Bertz CT molecular complexity index is 952. The predicted octanol–water partition coefficient (Wildman–Crippen LogP) is 3.21. The fourth-order valence-electron chi connectivity index (χ4n) is 3.56. The maximum Gasteiger partial charge on any atom is 0.295 e. The molecule has 30 heavy (non-hydrogen) atoms. The summed E-state index contributed by atoms with van der Waals surface area (Å²) in [6.07, 6.45) is 0.653. The Morgan fingerprint density at radius 2 is 1.73 bits per heavy atom. The molecule has 0 spiro atoms. The van der Waals surface area contributed by atoms with Crippen LogP contribution in [-0.4, -0.2) is 60.9 Å². The van der Waals surface area contributed by atoms with Crippen LogP contribution in [0.15, 0.2) is 54.1 Å². The zero-order valence-electron chi connectivity index (χ0n) is 17.3. The van der Waals surface area contributed by atoms with E-state index in [9.17, 15) is 19.1 Å². The molecule has 3 rings (SSSR count). The molecule has 2 aromatic carbocycles. The molecule has 1 saturated heterocycles. The van der Waals surface area contributed by atoms with Gasteiger partial charge in [-0.25, -0.2) is 4.39 Å². The van der Waals surface area contributed by atoms with Gasteiger partial charge in [-0.3, -0.25) is 9.59 Å². The molecule has 1 N–H and O–H groups in total. The second kappa shape index (κ2) is 9.09. The molecule has 1 amide bonds. The molecule has 158 valence electrons. The highest BCUT2D eigenvalue weighted by molar-refractivity contribution is 6.46. The first-order chi connectivity index (χ1) is 14.3. The number of amides is 1. The highest BCUT2D eigenvalue weighted by atomic mass is 19.1. The standard InChI is InChI=1S/C23H25FN2O4/c1-25(2)13-4-14-26-20(15-5-9-17(24)10-6-15)19(22(28)23(26)29)21(27)16-7-11-18(30-3)12-8-16/h5-12,20,27H,4,13-14H2,1-3H3/b21-19-. The molecule has 0 radical (unpaired) electrons. The summed E-state index contributed by atoms with van der Waals surface area (Å²) >= 11 is 0. The van der Waals surface area contributed by atoms with Crippen LogP contribution < -0.4 is 4.74 Å². The summed E-state index contributed by atoms with van der Waals surface area (Å²) in [6.45, 7) is 1.07. The molecule has 1 aliphatic heterocycles. The number of ether oxygens (including phenoxy) is 1. The second-order valence-corrected chi connectivity index (χ2v) is 7.43. The number of likely N-dealkylation sites (tertiary alicyclic amines) is 1. The number of rotatable bonds is 7. The fourth-order valence-corrected chi connectivity index (χ4v) is 3.56. The lowest BCUT2D eigenvalue weighted by atomic mass is 9.95. The topological polar surface area (TPSA) is 70.1 Å². The quantitative estimate of drug-likeness (QED) is 0.430. The van der Waals surface area contributed by atoms with Gasteiger partial charge >= 0.3 is 0 Å². The van der Waals surface area contributed by atoms with Gasteiger partial charge in [0.25, 0.3) is 11.7 Å². The third-order valence-corrected chi connectivity index (χ3v) is 5.09. The summed E-state index contributed by atoms with van der Waals surface area (Å²) in [4.78, 5) is 29.1. The predicted molar refractivity (Wildman–Crippen MR) is 112 cm³/mol. The Kier molecular flexibility index (Phi) is 6.52. The number of carbonyl (C=O) groups is 2. The van der Waals surface area contributed by atoms with Crippen LogP contribution in [0.5, 0.6) is 5.75 Å². The van der Waals surface area contributed by atoms with Crippen LogP contribution in [0, 0.1) is 5.82 Å². The van der Waals surface area contributed by atoms with E-state index in [1.807, 2.05) is 19.0 Å². The van der Waals surface area contributed by atoms with Gasteiger partial charge in [0.2, 0.25) is 0 Å². The van der Waals surface area contributed by atoms with Crippen molar-refractivity contribution in [3.63, 3.8) is 0 Å². The fraction of sp³-hybridized carbons (Fsp3) is 0.304. The van der Waals surface area contributed by atoms with Crippen LogP contribution in [0.25, 0.3) is 5.76 Å². The zero-order chi connectivity index (χ0) is 21.8. The second-order valence-electron chi connectivity index (χ2n) is 7.43. The van der Waals surface area contributed by atoms with Gasteiger partial charge in [-0.2, -0.15) is 0 Å². The van der Waals surface area contributed by atoms with Gasteiger partial charge < -0.3 is 19.6 Å². The van der Waals surface area contributed by atoms with Crippen molar-refractivity contribution in [3.05, 3.63) is 71.0 Å². The molecule has 1 atom stereocenters. The molecular weight excluding hydrogens is 387 g/mol. The van der Waals surface area contributed by atoms with Gasteiger partial charge in [-0.05, 0) is 69.0 Å². The average molecular weight is 412 g/mol.